The molecule has 7 nitrogen and oxygen atoms in total. The number of carbonyl (C=O) groups is 1. The highest BCUT2D eigenvalue weighted by Gasteiger charge is 2.23. The van der Waals surface area contributed by atoms with Crippen LogP contribution in [-0.4, -0.2) is 52.2 Å². The molecule has 0 unspecified atom stereocenters. The molecular formula is C22H22ClFN6O. The molecule has 0 saturated carbocycles. The Morgan fingerprint density at radius 2 is 1.81 bits per heavy atom. The average molecular weight is 441 g/mol. The Labute approximate surface area is 184 Å². The summed E-state index contributed by atoms with van der Waals surface area (Å²) in [5, 5.41) is 11.9. The summed E-state index contributed by atoms with van der Waals surface area (Å²) in [5.41, 5.74) is 1.16. The topological polar surface area (TPSA) is 74.2 Å². The van der Waals surface area contributed by atoms with E-state index in [0.29, 0.717) is 37.8 Å². The smallest absolute Gasteiger partial charge is 0.227 e. The van der Waals surface area contributed by atoms with Gasteiger partial charge in [0.1, 0.15) is 11.6 Å². The van der Waals surface area contributed by atoms with E-state index in [9.17, 15) is 9.18 Å². The number of amides is 1. The maximum Gasteiger partial charge on any atom is 0.227 e. The SMILES string of the molecule is Cc1cccc(Nc2ccc(N3CCN(C(=O)Cc4c(F)cccc4Cl)CC3)nn2)n1. The lowest BCUT2D eigenvalue weighted by Crippen LogP contribution is -2.49. The molecule has 3 aromatic rings. The van der Waals surface area contributed by atoms with Gasteiger partial charge in [-0.15, -0.1) is 10.2 Å². The summed E-state index contributed by atoms with van der Waals surface area (Å²) in [4.78, 5) is 20.8. The summed E-state index contributed by atoms with van der Waals surface area (Å²) in [5.74, 6) is 1.47. The van der Waals surface area contributed by atoms with E-state index in [1.165, 1.54) is 12.1 Å². The van der Waals surface area contributed by atoms with Crippen LogP contribution in [0.15, 0.2) is 48.5 Å². The van der Waals surface area contributed by atoms with E-state index in [1.807, 2.05) is 37.3 Å². The van der Waals surface area contributed by atoms with Crippen LogP contribution in [0.3, 0.4) is 0 Å². The van der Waals surface area contributed by atoms with Crippen LogP contribution in [0.5, 0.6) is 0 Å². The zero-order chi connectivity index (χ0) is 21.8. The van der Waals surface area contributed by atoms with E-state index in [2.05, 4.69) is 25.4 Å². The van der Waals surface area contributed by atoms with Crippen LogP contribution >= 0.6 is 11.6 Å². The largest absolute Gasteiger partial charge is 0.352 e. The van der Waals surface area contributed by atoms with Crippen molar-refractivity contribution < 1.29 is 9.18 Å². The molecule has 1 amide bonds. The van der Waals surface area contributed by atoms with Gasteiger partial charge in [-0.2, -0.15) is 0 Å². The molecule has 1 aliphatic heterocycles. The first-order valence-electron chi connectivity index (χ1n) is 9.99. The molecule has 31 heavy (non-hydrogen) atoms. The minimum atomic E-state index is -0.454. The van der Waals surface area contributed by atoms with Crippen molar-refractivity contribution in [3.63, 3.8) is 0 Å². The monoisotopic (exact) mass is 440 g/mol. The van der Waals surface area contributed by atoms with Crippen molar-refractivity contribution >= 4 is 35.0 Å². The van der Waals surface area contributed by atoms with E-state index in [4.69, 9.17) is 11.6 Å². The first-order chi connectivity index (χ1) is 15.0. The second-order valence-corrected chi connectivity index (χ2v) is 7.72. The third-order valence-electron chi connectivity index (χ3n) is 5.14. The van der Waals surface area contributed by atoms with Crippen molar-refractivity contribution in [3.8, 4) is 0 Å². The predicted octanol–water partition coefficient (Wildman–Crippen LogP) is 3.61. The van der Waals surface area contributed by atoms with Crippen LogP contribution in [0.25, 0.3) is 0 Å². The molecule has 1 aliphatic rings. The molecule has 1 N–H and O–H groups in total. The molecule has 0 atom stereocenters. The number of halogens is 2. The average Bonchev–Trinajstić information content (AvgIpc) is 2.77. The predicted molar refractivity (Wildman–Crippen MR) is 118 cm³/mol. The van der Waals surface area contributed by atoms with E-state index < -0.39 is 5.82 Å². The number of rotatable bonds is 5. The summed E-state index contributed by atoms with van der Waals surface area (Å²) < 4.78 is 14.0. The number of hydrogen-bond acceptors (Lipinski definition) is 6. The minimum Gasteiger partial charge on any atom is -0.352 e. The van der Waals surface area contributed by atoms with E-state index in [-0.39, 0.29) is 22.9 Å². The second-order valence-electron chi connectivity index (χ2n) is 7.31. The number of nitrogens with zero attached hydrogens (tertiary/aromatic N) is 5. The normalized spacial score (nSPS) is 13.9. The Balaban J connectivity index is 1.32. The maximum absolute atomic E-state index is 14.0. The molecule has 2 aromatic heterocycles. The van der Waals surface area contributed by atoms with Crippen LogP contribution in [0, 0.1) is 12.7 Å². The standard InChI is InChI=1S/C22H22ClFN6O/c1-15-4-2-7-19(25-15)26-20-8-9-21(28-27-20)29-10-12-30(13-11-29)22(31)14-16-17(23)5-3-6-18(16)24/h2-9H,10-14H2,1H3,(H,25,26,27). The summed E-state index contributed by atoms with van der Waals surface area (Å²) in [7, 11) is 0. The molecule has 3 heterocycles. The van der Waals surface area contributed by atoms with E-state index in [0.717, 1.165) is 11.5 Å². The third kappa shape index (κ3) is 5.08. The van der Waals surface area contributed by atoms with Gasteiger partial charge >= 0.3 is 0 Å². The minimum absolute atomic E-state index is 0.0430. The van der Waals surface area contributed by atoms with Crippen LogP contribution in [0.4, 0.5) is 21.8 Å². The molecular weight excluding hydrogens is 419 g/mol. The highest BCUT2D eigenvalue weighted by Crippen LogP contribution is 2.21. The van der Waals surface area contributed by atoms with E-state index >= 15 is 0 Å². The van der Waals surface area contributed by atoms with Gasteiger partial charge in [-0.3, -0.25) is 4.79 Å². The zero-order valence-corrected chi connectivity index (χ0v) is 17.8. The molecule has 0 aliphatic carbocycles. The molecule has 160 valence electrons. The number of carbonyl (C=O) groups excluding carboxylic acids is 1. The van der Waals surface area contributed by atoms with Gasteiger partial charge in [-0.25, -0.2) is 9.37 Å². The first kappa shape index (κ1) is 21.0. The lowest BCUT2D eigenvalue weighted by atomic mass is 10.1. The second kappa shape index (κ2) is 9.26. The highest BCUT2D eigenvalue weighted by molar-refractivity contribution is 6.31. The quantitative estimate of drug-likeness (QED) is 0.653. The fraction of sp³-hybridized carbons (Fsp3) is 0.273. The van der Waals surface area contributed by atoms with Crippen LogP contribution in [0.1, 0.15) is 11.3 Å². The summed E-state index contributed by atoms with van der Waals surface area (Å²) >= 11 is 6.04. The van der Waals surface area contributed by atoms with Crippen molar-refractivity contribution in [1.82, 2.24) is 20.1 Å². The Kier molecular flexibility index (Phi) is 6.27. The van der Waals surface area contributed by atoms with Crippen LogP contribution < -0.4 is 10.2 Å². The number of aromatic nitrogens is 3. The molecule has 0 spiro atoms. The lowest BCUT2D eigenvalue weighted by molar-refractivity contribution is -0.130. The molecule has 9 heteroatoms. The van der Waals surface area contributed by atoms with Crippen molar-refractivity contribution in [1.29, 1.82) is 0 Å². The maximum atomic E-state index is 14.0. The highest BCUT2D eigenvalue weighted by atomic mass is 35.5. The Hall–Kier alpha value is -3.26. The van der Waals surface area contributed by atoms with Gasteiger partial charge in [0.15, 0.2) is 11.6 Å². The van der Waals surface area contributed by atoms with Gasteiger partial charge in [-0.05, 0) is 43.3 Å². The Morgan fingerprint density at radius 1 is 1.03 bits per heavy atom. The first-order valence-corrected chi connectivity index (χ1v) is 10.4. The Bertz CT molecular complexity index is 1050. The summed E-state index contributed by atoms with van der Waals surface area (Å²) in [6.45, 7) is 4.23. The summed E-state index contributed by atoms with van der Waals surface area (Å²) in [6.07, 6.45) is -0.0430. The van der Waals surface area contributed by atoms with Gasteiger partial charge in [0, 0.05) is 42.5 Å². The zero-order valence-electron chi connectivity index (χ0n) is 17.1. The fourth-order valence-corrected chi connectivity index (χ4v) is 3.68. The van der Waals surface area contributed by atoms with Crippen molar-refractivity contribution in [2.45, 2.75) is 13.3 Å². The molecule has 1 aromatic carbocycles. The number of hydrogen-bond donors (Lipinski definition) is 1. The van der Waals surface area contributed by atoms with E-state index in [1.54, 1.807) is 11.0 Å². The van der Waals surface area contributed by atoms with Gasteiger partial charge in [0.05, 0.1) is 6.42 Å². The van der Waals surface area contributed by atoms with Gasteiger partial charge < -0.3 is 15.1 Å². The Morgan fingerprint density at radius 3 is 2.48 bits per heavy atom. The van der Waals surface area contributed by atoms with Crippen LogP contribution in [-0.2, 0) is 11.2 Å². The van der Waals surface area contributed by atoms with Crippen molar-refractivity contribution in [3.05, 3.63) is 70.6 Å². The number of aryl methyl sites for hydroxylation is 1. The van der Waals surface area contributed by atoms with Crippen molar-refractivity contribution in [2.24, 2.45) is 0 Å². The number of benzene rings is 1. The lowest BCUT2D eigenvalue weighted by Gasteiger charge is -2.35. The molecule has 1 saturated heterocycles. The number of anilines is 3. The van der Waals surface area contributed by atoms with Crippen LogP contribution in [0.2, 0.25) is 5.02 Å². The van der Waals surface area contributed by atoms with Crippen molar-refractivity contribution in [2.75, 3.05) is 36.4 Å². The van der Waals surface area contributed by atoms with Gasteiger partial charge in [-0.1, -0.05) is 23.7 Å². The third-order valence-corrected chi connectivity index (χ3v) is 5.50. The number of piperazine rings is 1. The van der Waals surface area contributed by atoms with Gasteiger partial charge in [0.25, 0.3) is 0 Å². The number of nitrogens with one attached hydrogen (secondary N) is 1. The molecule has 4 rings (SSSR count). The summed E-state index contributed by atoms with van der Waals surface area (Å²) in [6, 6.07) is 13.9. The molecule has 1 fully saturated rings. The molecule has 0 radical (unpaired) electrons. The van der Waals surface area contributed by atoms with Gasteiger partial charge in [0.2, 0.25) is 5.91 Å². The fourth-order valence-electron chi connectivity index (χ4n) is 3.45. The molecule has 0 bridgehead atoms. The number of pyridine rings is 1.